The number of rotatable bonds is 7. The average Bonchev–Trinajstić information content (AvgIpc) is 3.02. The Morgan fingerprint density at radius 3 is 2.22 bits per heavy atom. The molecule has 0 aromatic heterocycles. The van der Waals surface area contributed by atoms with E-state index >= 15 is 0 Å². The molecule has 3 rings (SSSR count). The monoisotopic (exact) mass is 478 g/mol. The van der Waals surface area contributed by atoms with E-state index in [9.17, 15) is 23.1 Å². The molecule has 32 heavy (non-hydrogen) atoms. The number of hydrogen-bond acceptors (Lipinski definition) is 6. The van der Waals surface area contributed by atoms with E-state index in [4.69, 9.17) is 16.3 Å². The van der Waals surface area contributed by atoms with Gasteiger partial charge in [0.25, 0.3) is 11.7 Å². The number of aliphatic hydroxyl groups excluding tert-OH is 1. The minimum absolute atomic E-state index is 0.0360. The van der Waals surface area contributed by atoms with Gasteiger partial charge in [-0.05, 0) is 42.0 Å². The molecule has 1 amide bonds. The van der Waals surface area contributed by atoms with Gasteiger partial charge in [-0.2, -0.15) is 0 Å². The Morgan fingerprint density at radius 2 is 1.69 bits per heavy atom. The molecular weight excluding hydrogens is 456 g/mol. The molecule has 0 spiro atoms. The minimum Gasteiger partial charge on any atom is -0.507 e. The Balaban J connectivity index is 2.11. The van der Waals surface area contributed by atoms with Crippen LogP contribution in [0.2, 0.25) is 5.02 Å². The summed E-state index contributed by atoms with van der Waals surface area (Å²) in [6, 6.07) is 11.2. The molecule has 0 saturated carbocycles. The third kappa shape index (κ3) is 4.42. The highest BCUT2D eigenvalue weighted by Crippen LogP contribution is 2.39. The van der Waals surface area contributed by atoms with Crippen molar-refractivity contribution < 1.29 is 27.9 Å². The van der Waals surface area contributed by atoms with Gasteiger partial charge in [-0.3, -0.25) is 9.59 Å². The van der Waals surface area contributed by atoms with Crippen LogP contribution in [0.15, 0.2) is 59.0 Å². The van der Waals surface area contributed by atoms with E-state index in [1.807, 2.05) is 0 Å². The number of methoxy groups -OCH3 is 1. The number of ether oxygens (including phenoxy) is 1. The summed E-state index contributed by atoms with van der Waals surface area (Å²) in [7, 11) is 0.656. The lowest BCUT2D eigenvalue weighted by atomic mass is 9.95. The normalized spacial score (nSPS) is 18.5. The van der Waals surface area contributed by atoms with Gasteiger partial charge in [0.2, 0.25) is 10.0 Å². The summed E-state index contributed by atoms with van der Waals surface area (Å²) in [5.74, 6) is -1.98. The van der Waals surface area contributed by atoms with Crippen molar-refractivity contribution in [1.29, 1.82) is 0 Å². The van der Waals surface area contributed by atoms with Crippen molar-refractivity contribution in [2.45, 2.75) is 10.9 Å². The highest BCUT2D eigenvalue weighted by molar-refractivity contribution is 7.89. The maximum Gasteiger partial charge on any atom is 0.295 e. The van der Waals surface area contributed by atoms with E-state index in [1.54, 1.807) is 24.3 Å². The molecule has 2 aromatic carbocycles. The molecule has 0 aliphatic carbocycles. The fourth-order valence-electron chi connectivity index (χ4n) is 3.44. The number of amides is 1. The fraction of sp³-hybridized carbons (Fsp3) is 0.273. The number of likely N-dealkylation sites (tertiary alicyclic amines) is 1. The first kappa shape index (κ1) is 23.9. The van der Waals surface area contributed by atoms with Crippen LogP contribution in [0.4, 0.5) is 0 Å². The summed E-state index contributed by atoms with van der Waals surface area (Å²) in [6.45, 7) is 0.347. The number of ketones is 1. The number of halogens is 1. The van der Waals surface area contributed by atoms with Crippen LogP contribution in [-0.2, 0) is 24.3 Å². The lowest BCUT2D eigenvalue weighted by Gasteiger charge is -2.25. The number of Topliss-reactive ketones (excluding diaryl/α,β-unsaturated/α-hetero) is 1. The van der Waals surface area contributed by atoms with Crippen molar-refractivity contribution in [3.63, 3.8) is 0 Å². The smallest absolute Gasteiger partial charge is 0.295 e. The van der Waals surface area contributed by atoms with Gasteiger partial charge in [-0.25, -0.2) is 12.7 Å². The molecule has 0 unspecified atom stereocenters. The van der Waals surface area contributed by atoms with Crippen molar-refractivity contribution in [1.82, 2.24) is 9.21 Å². The van der Waals surface area contributed by atoms with Gasteiger partial charge < -0.3 is 14.7 Å². The van der Waals surface area contributed by atoms with Crippen LogP contribution in [0, 0.1) is 0 Å². The highest BCUT2D eigenvalue weighted by Gasteiger charge is 2.45. The van der Waals surface area contributed by atoms with Crippen molar-refractivity contribution in [2.75, 3.05) is 34.4 Å². The molecule has 1 N–H and O–H groups in total. The van der Waals surface area contributed by atoms with Crippen LogP contribution in [0.25, 0.3) is 5.76 Å². The molecule has 170 valence electrons. The quantitative estimate of drug-likeness (QED) is 0.372. The van der Waals surface area contributed by atoms with Crippen LogP contribution in [0.3, 0.4) is 0 Å². The summed E-state index contributed by atoms with van der Waals surface area (Å²) in [5, 5.41) is 11.5. The number of carbonyl (C=O) groups is 2. The lowest BCUT2D eigenvalue weighted by molar-refractivity contribution is -0.140. The van der Waals surface area contributed by atoms with E-state index in [2.05, 4.69) is 0 Å². The van der Waals surface area contributed by atoms with Gasteiger partial charge in [0, 0.05) is 38.3 Å². The van der Waals surface area contributed by atoms with Crippen LogP contribution in [-0.4, -0.2) is 68.8 Å². The average molecular weight is 479 g/mol. The van der Waals surface area contributed by atoms with Gasteiger partial charge in [-0.15, -0.1) is 0 Å². The summed E-state index contributed by atoms with van der Waals surface area (Å²) >= 11 is 5.98. The first-order chi connectivity index (χ1) is 15.1. The Hall–Kier alpha value is -2.72. The largest absolute Gasteiger partial charge is 0.507 e. The number of sulfonamides is 1. The van der Waals surface area contributed by atoms with Gasteiger partial charge in [0.1, 0.15) is 5.76 Å². The van der Waals surface area contributed by atoms with Crippen LogP contribution >= 0.6 is 11.6 Å². The van der Waals surface area contributed by atoms with Crippen molar-refractivity contribution in [2.24, 2.45) is 0 Å². The van der Waals surface area contributed by atoms with Gasteiger partial charge in [-0.1, -0.05) is 23.7 Å². The van der Waals surface area contributed by atoms with Crippen molar-refractivity contribution >= 4 is 39.1 Å². The predicted molar refractivity (Wildman–Crippen MR) is 120 cm³/mol. The number of benzene rings is 2. The maximum absolute atomic E-state index is 12.9. The molecule has 0 radical (unpaired) electrons. The Morgan fingerprint density at radius 1 is 1.09 bits per heavy atom. The molecule has 10 heteroatoms. The molecule has 0 bridgehead atoms. The van der Waals surface area contributed by atoms with Gasteiger partial charge >= 0.3 is 0 Å². The zero-order valence-corrected chi connectivity index (χ0v) is 19.4. The number of aliphatic hydroxyl groups is 1. The SMILES string of the molecule is COCCN1C(=O)C(=O)C(=C(O)c2ccc(S(=O)(=O)N(C)C)cc2)[C@H]1c1ccc(Cl)cc1. The Kier molecular flexibility index (Phi) is 7.04. The Labute approximate surface area is 191 Å². The van der Waals surface area contributed by atoms with E-state index in [0.29, 0.717) is 10.6 Å². The van der Waals surface area contributed by atoms with Gasteiger partial charge in [0.05, 0.1) is 23.1 Å². The first-order valence-corrected chi connectivity index (χ1v) is 11.5. The number of hydrogen-bond donors (Lipinski definition) is 1. The van der Waals surface area contributed by atoms with Crippen LogP contribution in [0.5, 0.6) is 0 Å². The maximum atomic E-state index is 12.9. The zero-order chi connectivity index (χ0) is 23.6. The molecule has 1 aliphatic heterocycles. The fourth-order valence-corrected chi connectivity index (χ4v) is 4.47. The summed E-state index contributed by atoms with van der Waals surface area (Å²) in [4.78, 5) is 27.0. The number of carbonyl (C=O) groups excluding carboxylic acids is 2. The molecule has 1 heterocycles. The van der Waals surface area contributed by atoms with Crippen LogP contribution in [0.1, 0.15) is 17.2 Å². The molecule has 1 aliphatic rings. The predicted octanol–water partition coefficient (Wildman–Crippen LogP) is 2.66. The third-order valence-corrected chi connectivity index (χ3v) is 7.25. The van der Waals surface area contributed by atoms with E-state index in [-0.39, 0.29) is 29.2 Å². The molecule has 1 fully saturated rings. The molecular formula is C22H23ClN2O6S. The van der Waals surface area contributed by atoms with E-state index in [1.165, 1.54) is 50.4 Å². The second-order valence-electron chi connectivity index (χ2n) is 7.35. The first-order valence-electron chi connectivity index (χ1n) is 9.65. The third-order valence-electron chi connectivity index (χ3n) is 5.17. The molecule has 1 atom stereocenters. The zero-order valence-electron chi connectivity index (χ0n) is 17.8. The van der Waals surface area contributed by atoms with Crippen molar-refractivity contribution in [3.8, 4) is 0 Å². The van der Waals surface area contributed by atoms with Gasteiger partial charge in [0.15, 0.2) is 0 Å². The van der Waals surface area contributed by atoms with E-state index in [0.717, 1.165) is 4.31 Å². The summed E-state index contributed by atoms with van der Waals surface area (Å²) in [5.41, 5.74) is 0.723. The molecule has 1 saturated heterocycles. The summed E-state index contributed by atoms with van der Waals surface area (Å²) < 4.78 is 30.7. The second-order valence-corrected chi connectivity index (χ2v) is 9.94. The second kappa shape index (κ2) is 9.41. The number of nitrogens with zero attached hydrogens (tertiary/aromatic N) is 2. The molecule has 8 nitrogen and oxygen atoms in total. The molecule has 2 aromatic rings. The van der Waals surface area contributed by atoms with E-state index < -0.39 is 33.5 Å². The van der Waals surface area contributed by atoms with Crippen molar-refractivity contribution in [3.05, 3.63) is 70.3 Å². The topological polar surface area (TPSA) is 104 Å². The highest BCUT2D eigenvalue weighted by atomic mass is 35.5. The standard InChI is InChI=1S/C22H23ClN2O6S/c1-24(2)32(29,30)17-10-6-15(7-11-17)20(26)18-19(14-4-8-16(23)9-5-14)25(12-13-31-3)22(28)21(18)27/h4-11,19,26H,12-13H2,1-3H3/t19-/m1/s1. The summed E-state index contributed by atoms with van der Waals surface area (Å²) in [6.07, 6.45) is 0. The Bertz CT molecular complexity index is 1160. The lowest BCUT2D eigenvalue weighted by Crippen LogP contribution is -2.32. The van der Waals surface area contributed by atoms with Crippen LogP contribution < -0.4 is 0 Å². The minimum atomic E-state index is -3.65.